The van der Waals surface area contributed by atoms with Gasteiger partial charge in [0, 0.05) is 5.69 Å². The van der Waals surface area contributed by atoms with E-state index in [2.05, 4.69) is 17.4 Å². The molecular weight excluding hydrogens is 217 g/mol. The summed E-state index contributed by atoms with van der Waals surface area (Å²) in [7, 11) is 0. The van der Waals surface area contributed by atoms with Crippen molar-refractivity contribution < 1.29 is 9.18 Å². The fraction of sp³-hybridized carbons (Fsp3) is 0.0714. The zero-order valence-corrected chi connectivity index (χ0v) is 9.19. The molecule has 0 aromatic heterocycles. The first-order valence-electron chi connectivity index (χ1n) is 5.33. The van der Waals surface area contributed by atoms with Crippen LogP contribution in [0.5, 0.6) is 0 Å². The van der Waals surface area contributed by atoms with Crippen molar-refractivity contribution >= 4 is 11.8 Å². The van der Waals surface area contributed by atoms with E-state index in [9.17, 15) is 9.18 Å². The van der Waals surface area contributed by atoms with Crippen LogP contribution < -0.4 is 5.32 Å². The number of carbonyl (C=O) groups is 1. The second-order valence-corrected chi connectivity index (χ2v) is 3.76. The van der Waals surface area contributed by atoms with Crippen LogP contribution in [-0.4, -0.2) is 6.16 Å². The highest BCUT2D eigenvalue weighted by molar-refractivity contribution is 5.83. The Labute approximate surface area is 99.1 Å². The molecule has 17 heavy (non-hydrogen) atoms. The number of anilines is 1. The Kier molecular flexibility index (Phi) is 3.50. The van der Waals surface area contributed by atoms with Crippen molar-refractivity contribution in [2.24, 2.45) is 0 Å². The summed E-state index contributed by atoms with van der Waals surface area (Å²) in [6.07, 6.45) is -0.717. The van der Waals surface area contributed by atoms with E-state index in [0.717, 1.165) is 12.0 Å². The van der Waals surface area contributed by atoms with E-state index >= 15 is 0 Å². The van der Waals surface area contributed by atoms with Gasteiger partial charge in [0.15, 0.2) is 0 Å². The number of carbonyl (C=O) groups excluding carboxylic acids is 1. The van der Waals surface area contributed by atoms with Crippen molar-refractivity contribution in [3.8, 4) is 0 Å². The van der Waals surface area contributed by atoms with E-state index in [1.807, 2.05) is 30.3 Å². The van der Waals surface area contributed by atoms with Crippen molar-refractivity contribution in [2.45, 2.75) is 6.42 Å². The molecule has 2 aromatic carbocycles. The van der Waals surface area contributed by atoms with E-state index in [-0.39, 0.29) is 0 Å². The molecule has 86 valence electrons. The number of hydrogen-bond acceptors (Lipinski definition) is 1. The van der Waals surface area contributed by atoms with Crippen LogP contribution in [0.1, 0.15) is 11.1 Å². The standard InChI is InChI=1S/C14H12FNO/c15-14(17)16-13-8-6-12(7-9-13)10-11-4-2-1-3-5-11/h1-9H,10H2,(H,16,17). The molecule has 0 atom stereocenters. The predicted octanol–water partition coefficient (Wildman–Crippen LogP) is 3.78. The minimum atomic E-state index is -1.54. The van der Waals surface area contributed by atoms with Gasteiger partial charge in [0.05, 0.1) is 0 Å². The first-order chi connectivity index (χ1) is 8.24. The van der Waals surface area contributed by atoms with Gasteiger partial charge in [-0.05, 0) is 29.7 Å². The summed E-state index contributed by atoms with van der Waals surface area (Å²) in [5.41, 5.74) is 2.80. The SMILES string of the molecule is O=C(F)Nc1ccc(Cc2ccccc2)cc1. The fourth-order valence-electron chi connectivity index (χ4n) is 1.65. The molecule has 1 amide bonds. The lowest BCUT2D eigenvalue weighted by Gasteiger charge is -2.04. The fourth-order valence-corrected chi connectivity index (χ4v) is 1.65. The average Bonchev–Trinajstić information content (AvgIpc) is 2.32. The summed E-state index contributed by atoms with van der Waals surface area (Å²) in [5, 5.41) is 2.09. The molecule has 0 radical (unpaired) electrons. The van der Waals surface area contributed by atoms with Crippen LogP contribution in [-0.2, 0) is 6.42 Å². The topological polar surface area (TPSA) is 29.1 Å². The van der Waals surface area contributed by atoms with Crippen LogP contribution in [0.2, 0.25) is 0 Å². The Balaban J connectivity index is 2.06. The summed E-state index contributed by atoms with van der Waals surface area (Å²) in [4.78, 5) is 10.2. The molecule has 0 saturated heterocycles. The summed E-state index contributed by atoms with van der Waals surface area (Å²) >= 11 is 0. The number of hydrogen-bond donors (Lipinski definition) is 1. The third-order valence-corrected chi connectivity index (χ3v) is 2.45. The maximum absolute atomic E-state index is 12.1. The van der Waals surface area contributed by atoms with Gasteiger partial charge in [0.25, 0.3) is 0 Å². The van der Waals surface area contributed by atoms with Crippen LogP contribution in [0.15, 0.2) is 54.6 Å². The summed E-state index contributed by atoms with van der Waals surface area (Å²) < 4.78 is 12.1. The molecule has 0 aliphatic heterocycles. The van der Waals surface area contributed by atoms with E-state index < -0.39 is 6.16 Å². The van der Waals surface area contributed by atoms with Gasteiger partial charge in [-0.2, -0.15) is 0 Å². The molecule has 2 nitrogen and oxygen atoms in total. The molecule has 0 aliphatic carbocycles. The van der Waals surface area contributed by atoms with Gasteiger partial charge in [-0.1, -0.05) is 42.5 Å². The van der Waals surface area contributed by atoms with Gasteiger partial charge in [-0.3, -0.25) is 5.32 Å². The van der Waals surface area contributed by atoms with Crippen molar-refractivity contribution in [3.63, 3.8) is 0 Å². The van der Waals surface area contributed by atoms with Crippen molar-refractivity contribution in [3.05, 3.63) is 65.7 Å². The third kappa shape index (κ3) is 3.41. The number of rotatable bonds is 3. The zero-order valence-electron chi connectivity index (χ0n) is 9.19. The average molecular weight is 229 g/mol. The maximum atomic E-state index is 12.1. The Morgan fingerprint density at radius 1 is 0.941 bits per heavy atom. The van der Waals surface area contributed by atoms with Crippen LogP contribution in [0.25, 0.3) is 0 Å². The smallest absolute Gasteiger partial charge is 0.298 e. The maximum Gasteiger partial charge on any atom is 0.401 e. The molecule has 2 rings (SSSR count). The third-order valence-electron chi connectivity index (χ3n) is 2.45. The number of halogens is 1. The molecule has 0 heterocycles. The van der Waals surface area contributed by atoms with Crippen LogP contribution in [0.4, 0.5) is 14.9 Å². The molecule has 2 aromatic rings. The van der Waals surface area contributed by atoms with E-state index in [1.54, 1.807) is 12.1 Å². The molecule has 3 heteroatoms. The lowest BCUT2D eigenvalue weighted by molar-refractivity contribution is 0.235. The molecular formula is C14H12FNO. The summed E-state index contributed by atoms with van der Waals surface area (Å²) in [6, 6.07) is 17.2. The second-order valence-electron chi connectivity index (χ2n) is 3.76. The van der Waals surface area contributed by atoms with Crippen LogP contribution >= 0.6 is 0 Å². The zero-order chi connectivity index (χ0) is 12.1. The Bertz CT molecular complexity index is 493. The molecule has 0 saturated carbocycles. The van der Waals surface area contributed by atoms with E-state index in [1.165, 1.54) is 5.56 Å². The van der Waals surface area contributed by atoms with E-state index in [4.69, 9.17) is 0 Å². The minimum Gasteiger partial charge on any atom is -0.298 e. The predicted molar refractivity (Wildman–Crippen MR) is 65.8 cm³/mol. The number of nitrogens with one attached hydrogen (secondary N) is 1. The van der Waals surface area contributed by atoms with Crippen molar-refractivity contribution in [1.82, 2.24) is 0 Å². The van der Waals surface area contributed by atoms with Crippen molar-refractivity contribution in [2.75, 3.05) is 5.32 Å². The molecule has 0 bridgehead atoms. The highest BCUT2D eigenvalue weighted by Crippen LogP contribution is 2.13. The van der Waals surface area contributed by atoms with Gasteiger partial charge in [-0.25, -0.2) is 4.79 Å². The quantitative estimate of drug-likeness (QED) is 0.629. The normalized spacial score (nSPS) is 9.94. The van der Waals surface area contributed by atoms with Crippen molar-refractivity contribution in [1.29, 1.82) is 0 Å². The van der Waals surface area contributed by atoms with Gasteiger partial charge in [0.2, 0.25) is 0 Å². The minimum absolute atomic E-state index is 0.467. The van der Waals surface area contributed by atoms with Gasteiger partial charge in [-0.15, -0.1) is 4.39 Å². The number of benzene rings is 2. The highest BCUT2D eigenvalue weighted by atomic mass is 19.1. The Morgan fingerprint density at radius 3 is 2.12 bits per heavy atom. The second kappa shape index (κ2) is 5.25. The molecule has 0 unspecified atom stereocenters. The Hall–Kier alpha value is -2.16. The lowest BCUT2D eigenvalue weighted by atomic mass is 10.1. The van der Waals surface area contributed by atoms with E-state index in [0.29, 0.717) is 5.69 Å². The molecule has 0 spiro atoms. The Morgan fingerprint density at radius 2 is 1.53 bits per heavy atom. The van der Waals surface area contributed by atoms with Crippen LogP contribution in [0, 0.1) is 0 Å². The summed E-state index contributed by atoms with van der Waals surface area (Å²) in [6.45, 7) is 0. The number of amides is 1. The monoisotopic (exact) mass is 229 g/mol. The largest absolute Gasteiger partial charge is 0.401 e. The molecule has 0 fully saturated rings. The lowest BCUT2D eigenvalue weighted by Crippen LogP contribution is -2.01. The van der Waals surface area contributed by atoms with Gasteiger partial charge in [0.1, 0.15) is 0 Å². The van der Waals surface area contributed by atoms with Gasteiger partial charge >= 0.3 is 6.16 Å². The van der Waals surface area contributed by atoms with Crippen LogP contribution in [0.3, 0.4) is 0 Å². The van der Waals surface area contributed by atoms with Gasteiger partial charge < -0.3 is 0 Å². The first-order valence-corrected chi connectivity index (χ1v) is 5.33. The summed E-state index contributed by atoms with van der Waals surface area (Å²) in [5.74, 6) is 0. The molecule has 0 aliphatic rings. The first kappa shape index (κ1) is 11.3. The highest BCUT2D eigenvalue weighted by Gasteiger charge is 1.99. The molecule has 1 N–H and O–H groups in total.